The van der Waals surface area contributed by atoms with Crippen molar-refractivity contribution >= 4 is 27.7 Å². The molecule has 6 rings (SSSR count). The van der Waals surface area contributed by atoms with Crippen molar-refractivity contribution in [1.82, 2.24) is 24.5 Å². The van der Waals surface area contributed by atoms with Crippen LogP contribution in [0.3, 0.4) is 0 Å². The number of rotatable bonds is 3. The quantitative estimate of drug-likeness (QED) is 0.443. The highest BCUT2D eigenvalue weighted by atomic mass is 16.3. The molecule has 1 saturated carbocycles. The summed E-state index contributed by atoms with van der Waals surface area (Å²) in [6, 6.07) is 8.40. The fourth-order valence-electron chi connectivity index (χ4n) is 4.84. The highest BCUT2D eigenvalue weighted by molar-refractivity contribution is 6.02. The van der Waals surface area contributed by atoms with Crippen molar-refractivity contribution < 1.29 is 9.52 Å². The fourth-order valence-corrected chi connectivity index (χ4v) is 4.84. The molecule has 0 radical (unpaired) electrons. The van der Waals surface area contributed by atoms with E-state index in [1.54, 1.807) is 6.20 Å². The van der Waals surface area contributed by atoms with Crippen molar-refractivity contribution in [2.75, 3.05) is 5.73 Å². The van der Waals surface area contributed by atoms with E-state index >= 15 is 0 Å². The number of para-hydroxylation sites is 1. The van der Waals surface area contributed by atoms with Crippen LogP contribution in [0.5, 0.6) is 0 Å². The zero-order chi connectivity index (χ0) is 21.8. The molecule has 0 bridgehead atoms. The lowest BCUT2D eigenvalue weighted by Crippen LogP contribution is -2.21. The first-order valence-corrected chi connectivity index (χ1v) is 10.9. The van der Waals surface area contributed by atoms with Crippen LogP contribution in [0.25, 0.3) is 44.3 Å². The maximum Gasteiger partial charge on any atom is 0.177 e. The molecule has 0 saturated heterocycles. The third kappa shape index (κ3) is 2.98. The van der Waals surface area contributed by atoms with Gasteiger partial charge in [0.25, 0.3) is 0 Å². The Balaban J connectivity index is 1.45. The number of hydrogen-bond acceptors (Lipinski definition) is 6. The van der Waals surface area contributed by atoms with Gasteiger partial charge in [0.05, 0.1) is 30.1 Å². The van der Waals surface area contributed by atoms with Gasteiger partial charge in [0.2, 0.25) is 0 Å². The van der Waals surface area contributed by atoms with Crippen LogP contribution >= 0.6 is 0 Å². The van der Waals surface area contributed by atoms with Gasteiger partial charge >= 0.3 is 0 Å². The summed E-state index contributed by atoms with van der Waals surface area (Å²) < 4.78 is 10.1. The minimum atomic E-state index is -0.185. The highest BCUT2D eigenvalue weighted by Gasteiger charge is 2.23. The molecule has 4 heterocycles. The number of nitrogens with two attached hydrogens (primary N) is 1. The summed E-state index contributed by atoms with van der Waals surface area (Å²) >= 11 is 0. The number of benzene rings is 1. The second-order valence-electron chi connectivity index (χ2n) is 8.59. The molecule has 1 aliphatic rings. The van der Waals surface area contributed by atoms with Gasteiger partial charge in [-0.1, -0.05) is 12.1 Å². The van der Waals surface area contributed by atoms with E-state index in [0.29, 0.717) is 17.4 Å². The third-order valence-electron chi connectivity index (χ3n) is 6.57. The molecule has 0 amide bonds. The number of nitrogens with zero attached hydrogens (tertiary/aromatic N) is 5. The van der Waals surface area contributed by atoms with Crippen LogP contribution in [0.1, 0.15) is 31.7 Å². The Bertz CT molecular complexity index is 1440. The highest BCUT2D eigenvalue weighted by Crippen LogP contribution is 2.39. The topological polar surface area (TPSA) is 108 Å². The Morgan fingerprint density at radius 1 is 1.06 bits per heavy atom. The first-order chi connectivity index (χ1) is 15.6. The summed E-state index contributed by atoms with van der Waals surface area (Å²) in [7, 11) is 1.93. The SMILES string of the molecule is Cn1ncc2cccc(-c3cc4c(-c5cnn(C6CCC(O)CC6)c5)cnc(N)c4o3)c21. The Hall–Kier alpha value is -3.65. The van der Waals surface area contributed by atoms with Crippen molar-refractivity contribution in [2.24, 2.45) is 7.05 Å². The van der Waals surface area contributed by atoms with Crippen LogP contribution in [-0.4, -0.2) is 35.8 Å². The Morgan fingerprint density at radius 3 is 2.75 bits per heavy atom. The average Bonchev–Trinajstić information content (AvgIpc) is 3.54. The summed E-state index contributed by atoms with van der Waals surface area (Å²) in [6.45, 7) is 0. The Kier molecular flexibility index (Phi) is 4.29. The normalized spacial score (nSPS) is 19.2. The van der Waals surface area contributed by atoms with E-state index in [0.717, 1.165) is 64.4 Å². The molecule has 0 unspecified atom stereocenters. The van der Waals surface area contributed by atoms with Gasteiger partial charge < -0.3 is 15.3 Å². The average molecular weight is 428 g/mol. The fraction of sp³-hybridized carbons (Fsp3) is 0.292. The molecule has 1 aromatic carbocycles. The molecule has 0 atom stereocenters. The van der Waals surface area contributed by atoms with Crippen LogP contribution in [0.4, 0.5) is 5.82 Å². The number of aliphatic hydroxyl groups is 1. The zero-order valence-electron chi connectivity index (χ0n) is 17.8. The maximum absolute atomic E-state index is 9.80. The second-order valence-corrected chi connectivity index (χ2v) is 8.59. The smallest absolute Gasteiger partial charge is 0.177 e. The van der Waals surface area contributed by atoms with E-state index in [4.69, 9.17) is 10.2 Å². The molecular formula is C24H24N6O2. The minimum absolute atomic E-state index is 0.185. The third-order valence-corrected chi connectivity index (χ3v) is 6.57. The van der Waals surface area contributed by atoms with Gasteiger partial charge in [-0.25, -0.2) is 4.98 Å². The van der Waals surface area contributed by atoms with Crippen LogP contribution in [0.2, 0.25) is 0 Å². The van der Waals surface area contributed by atoms with E-state index in [-0.39, 0.29) is 6.10 Å². The van der Waals surface area contributed by atoms with Gasteiger partial charge in [-0.3, -0.25) is 9.36 Å². The van der Waals surface area contributed by atoms with Crippen LogP contribution in [0.15, 0.2) is 53.5 Å². The van der Waals surface area contributed by atoms with Gasteiger partial charge in [-0.05, 0) is 37.8 Å². The molecule has 1 aliphatic carbocycles. The van der Waals surface area contributed by atoms with E-state index in [2.05, 4.69) is 21.4 Å². The number of pyridine rings is 1. The van der Waals surface area contributed by atoms with Crippen molar-refractivity contribution in [3.05, 3.63) is 49.1 Å². The van der Waals surface area contributed by atoms with Gasteiger partial charge in [0.15, 0.2) is 11.4 Å². The monoisotopic (exact) mass is 428 g/mol. The van der Waals surface area contributed by atoms with Crippen molar-refractivity contribution in [1.29, 1.82) is 0 Å². The van der Waals surface area contributed by atoms with E-state index in [9.17, 15) is 5.11 Å². The van der Waals surface area contributed by atoms with Gasteiger partial charge in [-0.2, -0.15) is 10.2 Å². The molecule has 3 N–H and O–H groups in total. The summed E-state index contributed by atoms with van der Waals surface area (Å²) in [5.41, 5.74) is 10.6. The molecule has 5 aromatic rings. The molecule has 162 valence electrons. The van der Waals surface area contributed by atoms with Crippen molar-refractivity contribution in [3.63, 3.8) is 0 Å². The van der Waals surface area contributed by atoms with Crippen molar-refractivity contribution in [2.45, 2.75) is 37.8 Å². The van der Waals surface area contributed by atoms with E-state index in [1.807, 2.05) is 53.1 Å². The number of aryl methyl sites for hydroxylation is 1. The van der Waals surface area contributed by atoms with E-state index < -0.39 is 0 Å². The standard InChI is InChI=1S/C24H24N6O2/c1-29-22-14(10-27-29)3-2-4-18(22)21-9-19-20(12-26-24(25)23(19)32-21)15-11-28-30(13-15)16-5-7-17(31)8-6-16/h2-4,9-13,16-17,31H,5-8H2,1H3,(H2,25,26). The molecule has 8 nitrogen and oxygen atoms in total. The lowest BCUT2D eigenvalue weighted by atomic mass is 9.93. The number of hydrogen-bond donors (Lipinski definition) is 2. The summed E-state index contributed by atoms with van der Waals surface area (Å²) in [6.07, 6.45) is 10.9. The first kappa shape index (κ1) is 19.1. The lowest BCUT2D eigenvalue weighted by Gasteiger charge is -2.25. The van der Waals surface area contributed by atoms with Gasteiger partial charge in [0, 0.05) is 46.9 Å². The number of aliphatic hydroxyl groups excluding tert-OH is 1. The molecule has 0 aliphatic heterocycles. The molecular weight excluding hydrogens is 404 g/mol. The number of aromatic nitrogens is 5. The summed E-state index contributed by atoms with van der Waals surface area (Å²) in [4.78, 5) is 4.39. The second kappa shape index (κ2) is 7.20. The largest absolute Gasteiger partial charge is 0.452 e. The number of furan rings is 1. The molecule has 8 heteroatoms. The van der Waals surface area contributed by atoms with E-state index in [1.165, 1.54) is 0 Å². The number of anilines is 1. The number of fused-ring (bicyclic) bond motifs is 2. The van der Waals surface area contributed by atoms with Crippen LogP contribution in [-0.2, 0) is 7.05 Å². The maximum atomic E-state index is 9.80. The minimum Gasteiger partial charge on any atom is -0.452 e. The lowest BCUT2D eigenvalue weighted by molar-refractivity contribution is 0.108. The van der Waals surface area contributed by atoms with Crippen molar-refractivity contribution in [3.8, 4) is 22.5 Å². The van der Waals surface area contributed by atoms with Crippen LogP contribution < -0.4 is 5.73 Å². The molecule has 1 fully saturated rings. The van der Waals surface area contributed by atoms with Crippen LogP contribution in [0, 0.1) is 0 Å². The Morgan fingerprint density at radius 2 is 1.91 bits per heavy atom. The number of nitrogen functional groups attached to an aromatic ring is 1. The molecule has 32 heavy (non-hydrogen) atoms. The zero-order valence-corrected chi connectivity index (χ0v) is 17.8. The first-order valence-electron chi connectivity index (χ1n) is 10.9. The predicted octanol–water partition coefficient (Wildman–Crippen LogP) is 4.30. The summed E-state index contributed by atoms with van der Waals surface area (Å²) in [5, 5.41) is 20.8. The Labute approximate surface area is 184 Å². The molecule has 4 aromatic heterocycles. The predicted molar refractivity (Wildman–Crippen MR) is 123 cm³/mol. The van der Waals surface area contributed by atoms with Gasteiger partial charge in [0.1, 0.15) is 5.76 Å². The van der Waals surface area contributed by atoms with Gasteiger partial charge in [-0.15, -0.1) is 0 Å². The summed E-state index contributed by atoms with van der Waals surface area (Å²) in [5.74, 6) is 1.09. The molecule has 0 spiro atoms.